The number of rotatable bonds is 6. The lowest BCUT2D eigenvalue weighted by molar-refractivity contribution is 0.0827. The second kappa shape index (κ2) is 7.32. The summed E-state index contributed by atoms with van der Waals surface area (Å²) in [5.74, 6) is 0.316. The van der Waals surface area contributed by atoms with Gasteiger partial charge in [-0.2, -0.15) is 0 Å². The Labute approximate surface area is 154 Å². The van der Waals surface area contributed by atoms with E-state index in [1.807, 2.05) is 18.2 Å². The second-order valence-corrected chi connectivity index (χ2v) is 7.49. The number of fused-ring (bicyclic) bond motifs is 1. The van der Waals surface area contributed by atoms with E-state index in [0.29, 0.717) is 16.4 Å². The first kappa shape index (κ1) is 18.8. The first-order chi connectivity index (χ1) is 12.3. The van der Waals surface area contributed by atoms with Gasteiger partial charge in [0.2, 0.25) is 0 Å². The van der Waals surface area contributed by atoms with E-state index in [4.69, 9.17) is 9.26 Å². The second-order valence-electron chi connectivity index (χ2n) is 5.75. The van der Waals surface area contributed by atoms with Crippen LogP contribution in [0.2, 0.25) is 0 Å². The number of nitrogens with zero attached hydrogens (tertiary/aromatic N) is 2. The minimum absolute atomic E-state index is 0.400. The molecule has 0 aliphatic rings. The summed E-state index contributed by atoms with van der Waals surface area (Å²) in [6, 6.07) is 11.1. The summed E-state index contributed by atoms with van der Waals surface area (Å²) in [4.78, 5) is 15.6. The predicted octanol–water partition coefficient (Wildman–Crippen LogP) is 4.15. The van der Waals surface area contributed by atoms with Gasteiger partial charge in [0.05, 0.1) is 17.3 Å². The maximum absolute atomic E-state index is 13.3. The summed E-state index contributed by atoms with van der Waals surface area (Å²) in [5.41, 5.74) is 0.0117. The van der Waals surface area contributed by atoms with E-state index >= 15 is 0 Å². The van der Waals surface area contributed by atoms with Crippen molar-refractivity contribution in [2.75, 3.05) is 19.1 Å². The highest BCUT2D eigenvalue weighted by Crippen LogP contribution is 2.42. The maximum atomic E-state index is 13.3. The minimum atomic E-state index is -3.27. The van der Waals surface area contributed by atoms with Crippen molar-refractivity contribution in [3.8, 4) is 5.75 Å². The number of ether oxygens (including phenoxy) is 1. The highest BCUT2D eigenvalue weighted by atomic mass is 32.1. The highest BCUT2D eigenvalue weighted by Gasteiger charge is 2.36. The Morgan fingerprint density at radius 3 is 2.58 bits per heavy atom. The Kier molecular flexibility index (Phi) is 5.29. The number of aromatic nitrogens is 1. The molecule has 1 N–H and O–H groups in total. The van der Waals surface area contributed by atoms with Crippen LogP contribution in [0.4, 0.5) is 9.52 Å². The fourth-order valence-electron chi connectivity index (χ4n) is 2.60. The number of benzene rings is 2. The van der Waals surface area contributed by atoms with Crippen LogP contribution in [0.5, 0.6) is 5.75 Å². The van der Waals surface area contributed by atoms with E-state index in [1.54, 1.807) is 26.0 Å². The summed E-state index contributed by atoms with van der Waals surface area (Å²) in [6.45, 7) is 1.64. The molecule has 1 aromatic heterocycles. The Morgan fingerprint density at radius 2 is 1.96 bits per heavy atom. The van der Waals surface area contributed by atoms with E-state index in [-0.39, 0.29) is 0 Å². The number of hydrogen-bond donors (Lipinski definition) is 1. The summed E-state index contributed by atoms with van der Waals surface area (Å²) in [7, 11) is 0.0337. The Balaban J connectivity index is 2.05. The molecule has 0 spiro atoms. The third kappa shape index (κ3) is 3.59. The molecule has 2 aromatic carbocycles. The van der Waals surface area contributed by atoms with Crippen molar-refractivity contribution < 1.29 is 23.1 Å². The zero-order valence-electron chi connectivity index (χ0n) is 14.4. The minimum Gasteiger partial charge on any atom is -0.497 e. The summed E-state index contributed by atoms with van der Waals surface area (Å²) >= 11 is 1.40. The van der Waals surface area contributed by atoms with Crippen LogP contribution in [0.25, 0.3) is 10.2 Å². The number of thiazole rings is 1. The quantitative estimate of drug-likeness (QED) is 0.499. The SMILES string of the molecule is COc1ccc2nc(N(C)C(C)(O[PH](=O)O)c3ccc(F)cc3)sc2c1. The van der Waals surface area contributed by atoms with Gasteiger partial charge in [-0.25, -0.2) is 9.37 Å². The molecule has 0 aliphatic heterocycles. The first-order valence-corrected chi connectivity index (χ1v) is 9.78. The largest absolute Gasteiger partial charge is 0.497 e. The third-order valence-corrected chi connectivity index (χ3v) is 5.84. The summed E-state index contributed by atoms with van der Waals surface area (Å²) < 4.78 is 36.3. The molecular weight excluding hydrogens is 378 g/mol. The van der Waals surface area contributed by atoms with Crippen LogP contribution < -0.4 is 9.64 Å². The molecule has 138 valence electrons. The van der Waals surface area contributed by atoms with E-state index < -0.39 is 19.8 Å². The molecule has 0 radical (unpaired) electrons. The zero-order chi connectivity index (χ0) is 18.9. The molecule has 3 rings (SSSR count). The van der Waals surface area contributed by atoms with Crippen LogP contribution >= 0.6 is 19.6 Å². The van der Waals surface area contributed by atoms with Crippen LogP contribution in [0, 0.1) is 5.82 Å². The standard InChI is InChI=1S/C17H18FN2O4PS/c1-17(24-25(21)22,11-4-6-12(18)7-5-11)20(2)16-19-14-9-8-13(23-3)10-15(14)26-16/h4-10,25H,1-3H3,(H,21,22). The Morgan fingerprint density at radius 1 is 1.27 bits per heavy atom. The average Bonchev–Trinajstić information content (AvgIpc) is 3.03. The molecule has 0 saturated heterocycles. The van der Waals surface area contributed by atoms with Gasteiger partial charge < -0.3 is 14.5 Å². The van der Waals surface area contributed by atoms with Crippen LogP contribution in [-0.2, 0) is 14.8 Å². The van der Waals surface area contributed by atoms with Gasteiger partial charge in [0.15, 0.2) is 10.9 Å². The molecule has 6 nitrogen and oxygen atoms in total. The van der Waals surface area contributed by atoms with Gasteiger partial charge in [-0.1, -0.05) is 23.5 Å². The molecule has 0 aliphatic carbocycles. The number of anilines is 1. The van der Waals surface area contributed by atoms with E-state index in [9.17, 15) is 13.8 Å². The monoisotopic (exact) mass is 396 g/mol. The molecule has 0 bridgehead atoms. The van der Waals surface area contributed by atoms with Crippen molar-refractivity contribution in [3.63, 3.8) is 0 Å². The summed E-state index contributed by atoms with van der Waals surface area (Å²) in [5, 5.41) is 0.586. The molecule has 26 heavy (non-hydrogen) atoms. The van der Waals surface area contributed by atoms with Gasteiger partial charge >= 0.3 is 8.25 Å². The van der Waals surface area contributed by atoms with Gasteiger partial charge in [0, 0.05) is 12.6 Å². The molecule has 2 unspecified atom stereocenters. The van der Waals surface area contributed by atoms with E-state index in [0.717, 1.165) is 10.2 Å². The van der Waals surface area contributed by atoms with Crippen molar-refractivity contribution in [1.29, 1.82) is 0 Å². The average molecular weight is 396 g/mol. The molecule has 0 fully saturated rings. The molecule has 3 aromatic rings. The predicted molar refractivity (Wildman–Crippen MR) is 101 cm³/mol. The smallest absolute Gasteiger partial charge is 0.318 e. The number of methoxy groups -OCH3 is 1. The van der Waals surface area contributed by atoms with Crippen LogP contribution in [0.3, 0.4) is 0 Å². The normalized spacial score (nSPS) is 14.8. The fraction of sp³-hybridized carbons (Fsp3) is 0.235. The molecule has 0 saturated carbocycles. The van der Waals surface area contributed by atoms with Crippen LogP contribution in [0.1, 0.15) is 12.5 Å². The van der Waals surface area contributed by atoms with Crippen molar-refractivity contribution in [2.24, 2.45) is 0 Å². The molecule has 2 atom stereocenters. The Bertz CT molecular complexity index is 950. The third-order valence-electron chi connectivity index (χ3n) is 4.18. The highest BCUT2D eigenvalue weighted by molar-refractivity contribution is 7.32. The van der Waals surface area contributed by atoms with Crippen molar-refractivity contribution in [1.82, 2.24) is 4.98 Å². The molecule has 9 heteroatoms. The van der Waals surface area contributed by atoms with Crippen molar-refractivity contribution in [2.45, 2.75) is 12.6 Å². The van der Waals surface area contributed by atoms with Crippen molar-refractivity contribution >= 4 is 34.9 Å². The summed E-state index contributed by atoms with van der Waals surface area (Å²) in [6.07, 6.45) is 0. The maximum Gasteiger partial charge on any atom is 0.318 e. The van der Waals surface area contributed by atoms with Crippen LogP contribution in [-0.4, -0.2) is 24.0 Å². The van der Waals surface area contributed by atoms with Gasteiger partial charge in [-0.05, 0) is 37.3 Å². The zero-order valence-corrected chi connectivity index (χ0v) is 16.2. The first-order valence-electron chi connectivity index (χ1n) is 7.70. The molecule has 0 amide bonds. The lowest BCUT2D eigenvalue weighted by atomic mass is 10.0. The van der Waals surface area contributed by atoms with E-state index in [2.05, 4.69) is 4.98 Å². The van der Waals surface area contributed by atoms with Gasteiger partial charge in [-0.15, -0.1) is 0 Å². The lowest BCUT2D eigenvalue weighted by Gasteiger charge is -2.37. The molecule has 1 heterocycles. The molecular formula is C17H18FN2O4PS. The van der Waals surface area contributed by atoms with Crippen LogP contribution in [0.15, 0.2) is 42.5 Å². The topological polar surface area (TPSA) is 71.9 Å². The fourth-order valence-corrected chi connectivity index (χ4v) is 4.24. The van der Waals surface area contributed by atoms with E-state index in [1.165, 1.54) is 35.6 Å². The van der Waals surface area contributed by atoms with Crippen molar-refractivity contribution in [3.05, 3.63) is 53.8 Å². The number of hydrogen-bond acceptors (Lipinski definition) is 6. The van der Waals surface area contributed by atoms with Gasteiger partial charge in [-0.3, -0.25) is 9.09 Å². The Hall–Kier alpha value is -1.99. The lowest BCUT2D eigenvalue weighted by Crippen LogP contribution is -2.42. The van der Waals surface area contributed by atoms with Gasteiger partial charge in [0.25, 0.3) is 0 Å². The number of halogens is 1. The van der Waals surface area contributed by atoms with Gasteiger partial charge in [0.1, 0.15) is 11.6 Å².